The topological polar surface area (TPSA) is 130 Å². The number of carboxylic acid groups (broad SMARTS) is 1. The number of carbonyl (C=O) groups is 3. The number of likely N-dealkylation sites (N-methyl/N-ethyl adjacent to an activating group) is 1. The SMILES string of the molecule is COCCN(C)CCN(Cc1ccccn1)CC(O)C12CC[C@]3(C)[C@H](CC[C@@H]4[C@@]5(C)CC[C@H](OC(=O)CC(C)(C)C(=O)O)C(C)(C)[C@@H]5CC[C@]43C)C1=C(C(C)C)C(=O)C2. The van der Waals surface area contributed by atoms with Crippen molar-refractivity contribution in [2.24, 2.45) is 56.2 Å². The number of fused-ring (bicyclic) bond motifs is 7. The molecule has 2 N–H and O–H groups in total. The van der Waals surface area contributed by atoms with Gasteiger partial charge in [-0.15, -0.1) is 0 Å². The summed E-state index contributed by atoms with van der Waals surface area (Å²) < 4.78 is 11.5. The van der Waals surface area contributed by atoms with Crippen LogP contribution >= 0.6 is 0 Å². The number of hydrogen-bond donors (Lipinski definition) is 2. The van der Waals surface area contributed by atoms with Gasteiger partial charge in [0, 0.05) is 63.3 Å². The minimum absolute atomic E-state index is 0.0297. The molecule has 1 aromatic rings. The highest BCUT2D eigenvalue weighted by Crippen LogP contribution is 2.77. The first-order chi connectivity index (χ1) is 27.6. The van der Waals surface area contributed by atoms with Crippen LogP contribution in [0.5, 0.6) is 0 Å². The van der Waals surface area contributed by atoms with Gasteiger partial charge in [-0.1, -0.05) is 60.1 Å². The number of aliphatic hydroxyl groups is 1. The van der Waals surface area contributed by atoms with E-state index in [9.17, 15) is 24.6 Å². The van der Waals surface area contributed by atoms with E-state index in [-0.39, 0.29) is 51.8 Å². The van der Waals surface area contributed by atoms with E-state index in [0.29, 0.717) is 38.0 Å². The molecule has 0 radical (unpaired) electrons. The molecule has 59 heavy (non-hydrogen) atoms. The quantitative estimate of drug-likeness (QED) is 0.158. The second-order valence-corrected chi connectivity index (χ2v) is 21.9. The van der Waals surface area contributed by atoms with Crippen molar-refractivity contribution in [3.8, 4) is 0 Å². The molecule has 9 atom stereocenters. The van der Waals surface area contributed by atoms with E-state index in [4.69, 9.17) is 9.47 Å². The first kappa shape index (κ1) is 45.9. The van der Waals surface area contributed by atoms with Crippen molar-refractivity contribution < 1.29 is 34.1 Å². The number of aliphatic hydroxyl groups excluding tert-OH is 1. The molecule has 10 nitrogen and oxygen atoms in total. The number of ether oxygens (including phenoxy) is 2. The molecule has 0 aliphatic heterocycles. The zero-order chi connectivity index (χ0) is 43.3. The molecule has 0 aromatic carbocycles. The van der Waals surface area contributed by atoms with Crippen LogP contribution in [0.25, 0.3) is 0 Å². The van der Waals surface area contributed by atoms with E-state index < -0.39 is 28.9 Å². The first-order valence-electron chi connectivity index (χ1n) is 22.8. The van der Waals surface area contributed by atoms with Crippen molar-refractivity contribution in [2.75, 3.05) is 46.9 Å². The number of Topliss-reactive ketones (excluding diaryl/α,β-unsaturated/α-hetero) is 1. The van der Waals surface area contributed by atoms with E-state index in [1.807, 2.05) is 18.3 Å². The van der Waals surface area contributed by atoms with Crippen LogP contribution in [0.1, 0.15) is 132 Å². The van der Waals surface area contributed by atoms with E-state index in [2.05, 4.69) is 76.4 Å². The molecule has 1 heterocycles. The van der Waals surface area contributed by atoms with Crippen molar-refractivity contribution in [1.29, 1.82) is 0 Å². The van der Waals surface area contributed by atoms with Gasteiger partial charge in [0.1, 0.15) is 6.10 Å². The number of aromatic nitrogens is 1. The number of nitrogens with zero attached hydrogens (tertiary/aromatic N) is 3. The van der Waals surface area contributed by atoms with Crippen LogP contribution < -0.4 is 0 Å². The summed E-state index contributed by atoms with van der Waals surface area (Å²) in [4.78, 5) is 48.6. The number of methoxy groups -OCH3 is 1. The highest BCUT2D eigenvalue weighted by atomic mass is 16.5. The third-order valence-corrected chi connectivity index (χ3v) is 17.5. The van der Waals surface area contributed by atoms with Gasteiger partial charge in [-0.2, -0.15) is 0 Å². The summed E-state index contributed by atoms with van der Waals surface area (Å²) >= 11 is 0. The van der Waals surface area contributed by atoms with E-state index in [1.54, 1.807) is 21.0 Å². The van der Waals surface area contributed by atoms with Gasteiger partial charge in [-0.25, -0.2) is 0 Å². The summed E-state index contributed by atoms with van der Waals surface area (Å²) in [6.07, 6.45) is 8.88. The molecule has 5 aliphatic rings. The van der Waals surface area contributed by atoms with Gasteiger partial charge in [-0.05, 0) is 130 Å². The van der Waals surface area contributed by atoms with E-state index >= 15 is 0 Å². The van der Waals surface area contributed by atoms with E-state index in [0.717, 1.165) is 82.3 Å². The maximum atomic E-state index is 14.4. The number of rotatable bonds is 16. The Balaban J connectivity index is 1.27. The Kier molecular flexibility index (Phi) is 13.1. The minimum Gasteiger partial charge on any atom is -0.481 e. The molecule has 0 spiro atoms. The number of esters is 1. The van der Waals surface area contributed by atoms with Gasteiger partial charge >= 0.3 is 11.9 Å². The molecule has 10 heteroatoms. The smallest absolute Gasteiger partial charge is 0.309 e. The lowest BCUT2D eigenvalue weighted by Crippen LogP contribution is -2.66. The standard InChI is InChI=1S/C49H77N3O7/c1-32(2)41-35(53)28-49(38(54)31-52(25-24-51(10)26-27-58-11)30-33-14-12-13-23-50-33)22-21-47(8)34(42(41)49)15-16-37-46(7)19-18-39(59-40(55)29-44(3,4)43(56)57)45(5,6)36(46)17-20-48(37,47)9/h12-14,23,32,34,36-39,54H,15-22,24-31H2,1-11H3,(H,56,57)/t34-,36+,37-,38?,39+,46+,47-,48-,49?/m1/s1. The van der Waals surface area contributed by atoms with Crippen LogP contribution in [0.3, 0.4) is 0 Å². The second-order valence-electron chi connectivity index (χ2n) is 21.9. The predicted molar refractivity (Wildman–Crippen MR) is 230 cm³/mol. The monoisotopic (exact) mass is 820 g/mol. The number of carboxylic acids is 1. The van der Waals surface area contributed by atoms with E-state index in [1.165, 1.54) is 5.57 Å². The summed E-state index contributed by atoms with van der Waals surface area (Å²) in [7, 11) is 3.84. The summed E-state index contributed by atoms with van der Waals surface area (Å²) in [6.45, 7) is 23.9. The Morgan fingerprint density at radius 3 is 2.32 bits per heavy atom. The molecule has 330 valence electrons. The minimum atomic E-state index is -1.17. The Morgan fingerprint density at radius 2 is 1.68 bits per heavy atom. The molecule has 1 aromatic heterocycles. The molecule has 4 saturated carbocycles. The maximum absolute atomic E-state index is 14.4. The van der Waals surface area contributed by atoms with Crippen LogP contribution in [0.15, 0.2) is 35.5 Å². The number of carbonyl (C=O) groups excluding carboxylic acids is 2. The van der Waals surface area contributed by atoms with Crippen molar-refractivity contribution >= 4 is 17.7 Å². The summed E-state index contributed by atoms with van der Waals surface area (Å²) in [6, 6.07) is 6.01. The second kappa shape index (κ2) is 16.9. The lowest BCUT2D eigenvalue weighted by atomic mass is 9.33. The van der Waals surface area contributed by atoms with Crippen molar-refractivity contribution in [1.82, 2.24) is 14.8 Å². The summed E-state index contributed by atoms with van der Waals surface area (Å²) in [5.74, 6) is -0.0378. The van der Waals surface area contributed by atoms with Crippen molar-refractivity contribution in [2.45, 2.75) is 145 Å². The fourth-order valence-corrected chi connectivity index (χ4v) is 14.0. The Morgan fingerprint density at radius 1 is 0.949 bits per heavy atom. The lowest BCUT2D eigenvalue weighted by Gasteiger charge is -2.72. The van der Waals surface area contributed by atoms with Crippen LogP contribution in [0, 0.1) is 56.2 Å². The van der Waals surface area contributed by atoms with Crippen LogP contribution in [-0.2, 0) is 30.4 Å². The zero-order valence-electron chi connectivity index (χ0n) is 38.4. The summed E-state index contributed by atoms with van der Waals surface area (Å²) in [5.41, 5.74) is 1.29. The largest absolute Gasteiger partial charge is 0.481 e. The maximum Gasteiger partial charge on any atom is 0.309 e. The molecule has 0 saturated heterocycles. The molecule has 5 aliphatic carbocycles. The first-order valence-corrected chi connectivity index (χ1v) is 22.8. The van der Waals surface area contributed by atoms with Gasteiger partial charge in [0.2, 0.25) is 0 Å². The molecule has 4 fully saturated rings. The Hall–Kier alpha value is -2.66. The average Bonchev–Trinajstić information content (AvgIpc) is 3.48. The van der Waals surface area contributed by atoms with Crippen LogP contribution in [0.4, 0.5) is 0 Å². The number of ketones is 1. The fourth-order valence-electron chi connectivity index (χ4n) is 14.0. The van der Waals surface area contributed by atoms with Gasteiger partial charge in [0.15, 0.2) is 5.78 Å². The van der Waals surface area contributed by atoms with Crippen molar-refractivity contribution in [3.63, 3.8) is 0 Å². The highest BCUT2D eigenvalue weighted by Gasteiger charge is 2.71. The molecule has 0 amide bonds. The number of aliphatic carboxylic acids is 1. The van der Waals surface area contributed by atoms with Crippen molar-refractivity contribution in [3.05, 3.63) is 41.2 Å². The Labute approximate surface area is 355 Å². The molecule has 0 bridgehead atoms. The van der Waals surface area contributed by atoms with Gasteiger partial charge in [0.05, 0.1) is 30.2 Å². The number of pyridine rings is 1. The van der Waals surface area contributed by atoms with Crippen LogP contribution in [-0.4, -0.2) is 102 Å². The zero-order valence-corrected chi connectivity index (χ0v) is 38.4. The molecular formula is C49H77N3O7. The van der Waals surface area contributed by atoms with Gasteiger partial charge in [0.25, 0.3) is 0 Å². The average molecular weight is 820 g/mol. The molecular weight excluding hydrogens is 743 g/mol. The fraction of sp³-hybridized carbons (Fsp3) is 0.796. The number of hydrogen-bond acceptors (Lipinski definition) is 9. The van der Waals surface area contributed by atoms with Gasteiger partial charge in [-0.3, -0.25) is 24.3 Å². The Bertz CT molecular complexity index is 1740. The third kappa shape index (κ3) is 8.11. The van der Waals surface area contributed by atoms with Gasteiger partial charge < -0.3 is 24.6 Å². The molecule has 2 unspecified atom stereocenters. The predicted octanol–water partition coefficient (Wildman–Crippen LogP) is 8.22. The highest BCUT2D eigenvalue weighted by molar-refractivity contribution is 6.00. The summed E-state index contributed by atoms with van der Waals surface area (Å²) in [5, 5.41) is 22.4. The number of allylic oxidation sites excluding steroid dienone is 1. The normalized spacial score (nSPS) is 34.7. The molecule has 6 rings (SSSR count). The third-order valence-electron chi connectivity index (χ3n) is 17.5. The van der Waals surface area contributed by atoms with Crippen LogP contribution in [0.2, 0.25) is 0 Å². The lowest BCUT2D eigenvalue weighted by molar-refractivity contribution is -0.235.